The van der Waals surface area contributed by atoms with Gasteiger partial charge in [0.15, 0.2) is 0 Å². The summed E-state index contributed by atoms with van der Waals surface area (Å²) in [5.41, 5.74) is -0.169. The highest BCUT2D eigenvalue weighted by atomic mass is 19.1. The maximum atomic E-state index is 13.3. The predicted octanol–water partition coefficient (Wildman–Crippen LogP) is 1.78. The van der Waals surface area contributed by atoms with Crippen molar-refractivity contribution < 1.29 is 23.5 Å². The minimum atomic E-state index is -1.18. The van der Waals surface area contributed by atoms with E-state index >= 15 is 0 Å². The van der Waals surface area contributed by atoms with Crippen molar-refractivity contribution in [2.24, 2.45) is 5.92 Å². The molecule has 19 heavy (non-hydrogen) atoms. The average Bonchev–Trinajstić information content (AvgIpc) is 2.96. The fraction of sp³-hybridized carbons (Fsp3) is 0.385. The smallest absolute Gasteiger partial charge is 0.407 e. The summed E-state index contributed by atoms with van der Waals surface area (Å²) in [6, 6.07) is 2.49. The van der Waals surface area contributed by atoms with Crippen molar-refractivity contribution in [1.82, 2.24) is 4.90 Å². The van der Waals surface area contributed by atoms with Gasteiger partial charge >= 0.3 is 6.09 Å². The van der Waals surface area contributed by atoms with Crippen LogP contribution < -0.4 is 0 Å². The lowest BCUT2D eigenvalue weighted by molar-refractivity contribution is -0.111. The molecule has 0 spiro atoms. The number of rotatable bonds is 2. The summed E-state index contributed by atoms with van der Waals surface area (Å²) in [5, 5.41) is 9.04. The molecule has 0 aromatic heterocycles. The number of halogens is 2. The first-order valence-corrected chi connectivity index (χ1v) is 5.89. The normalized spacial score (nSPS) is 32.0. The molecule has 2 aliphatic rings. The Hall–Kier alpha value is -1.98. The Morgan fingerprint density at radius 2 is 2.00 bits per heavy atom. The molecule has 1 heterocycles. The third kappa shape index (κ3) is 1.63. The molecule has 1 amide bonds. The van der Waals surface area contributed by atoms with Crippen LogP contribution in [0, 0.1) is 17.6 Å². The number of nitrogens with zero attached hydrogens (tertiary/aromatic N) is 1. The van der Waals surface area contributed by atoms with Crippen LogP contribution in [-0.2, 0) is 10.2 Å². The van der Waals surface area contributed by atoms with E-state index in [1.54, 1.807) is 0 Å². The van der Waals surface area contributed by atoms with Gasteiger partial charge in [0, 0.05) is 18.0 Å². The quantitative estimate of drug-likeness (QED) is 0.831. The van der Waals surface area contributed by atoms with Gasteiger partial charge in [0.05, 0.1) is 6.04 Å². The van der Waals surface area contributed by atoms with E-state index in [4.69, 9.17) is 5.11 Å². The molecule has 3 unspecified atom stereocenters. The second-order valence-corrected chi connectivity index (χ2v) is 5.16. The highest BCUT2D eigenvalue weighted by Gasteiger charge is 2.66. The molecule has 3 atom stereocenters. The molecule has 1 aliphatic heterocycles. The van der Waals surface area contributed by atoms with E-state index in [1.165, 1.54) is 12.1 Å². The van der Waals surface area contributed by atoms with E-state index in [9.17, 15) is 18.4 Å². The predicted molar refractivity (Wildman–Crippen MR) is 60.7 cm³/mol. The Balaban J connectivity index is 1.99. The van der Waals surface area contributed by atoms with Gasteiger partial charge in [-0.3, -0.25) is 4.90 Å². The first-order valence-electron chi connectivity index (χ1n) is 5.89. The summed E-state index contributed by atoms with van der Waals surface area (Å²) >= 11 is 0. The van der Waals surface area contributed by atoms with Crippen LogP contribution in [0.3, 0.4) is 0 Å². The number of hydrogen-bond acceptors (Lipinski definition) is 2. The second kappa shape index (κ2) is 3.76. The van der Waals surface area contributed by atoms with Crippen molar-refractivity contribution >= 4 is 12.4 Å². The Kier molecular flexibility index (Phi) is 2.39. The van der Waals surface area contributed by atoms with Crippen LogP contribution in [-0.4, -0.2) is 35.0 Å². The highest BCUT2D eigenvalue weighted by Crippen LogP contribution is 2.61. The van der Waals surface area contributed by atoms with Gasteiger partial charge in [-0.2, -0.15) is 0 Å². The van der Waals surface area contributed by atoms with E-state index in [-0.39, 0.29) is 12.5 Å². The van der Waals surface area contributed by atoms with Crippen LogP contribution in [0.25, 0.3) is 0 Å². The van der Waals surface area contributed by atoms with Gasteiger partial charge in [0.1, 0.15) is 17.9 Å². The Labute approximate surface area is 107 Å². The molecule has 1 saturated heterocycles. The van der Waals surface area contributed by atoms with Crippen LogP contribution in [0.4, 0.5) is 13.6 Å². The Morgan fingerprint density at radius 1 is 1.37 bits per heavy atom. The van der Waals surface area contributed by atoms with Crippen molar-refractivity contribution in [3.8, 4) is 0 Å². The summed E-state index contributed by atoms with van der Waals surface area (Å²) in [7, 11) is 0. The maximum Gasteiger partial charge on any atom is 0.407 e. The monoisotopic (exact) mass is 267 g/mol. The molecule has 4 nitrogen and oxygen atoms in total. The second-order valence-electron chi connectivity index (χ2n) is 5.16. The van der Waals surface area contributed by atoms with Gasteiger partial charge in [0.2, 0.25) is 0 Å². The number of aldehydes is 1. The molecule has 6 heteroatoms. The van der Waals surface area contributed by atoms with Crippen LogP contribution in [0.1, 0.15) is 12.0 Å². The molecular formula is C13H11F2NO3. The number of likely N-dealkylation sites (tertiary alicyclic amines) is 1. The van der Waals surface area contributed by atoms with Gasteiger partial charge in [-0.05, 0) is 30.0 Å². The van der Waals surface area contributed by atoms with E-state index in [0.29, 0.717) is 18.3 Å². The number of fused-ring (bicyclic) bond motifs is 1. The first-order chi connectivity index (χ1) is 8.98. The van der Waals surface area contributed by atoms with E-state index in [2.05, 4.69) is 0 Å². The molecule has 1 aliphatic carbocycles. The minimum Gasteiger partial charge on any atom is -0.465 e. The average molecular weight is 267 g/mol. The molecule has 1 N–H and O–H groups in total. The molecule has 100 valence electrons. The molecule has 1 aromatic carbocycles. The van der Waals surface area contributed by atoms with Gasteiger partial charge < -0.3 is 9.90 Å². The standard InChI is InChI=1S/C13H11F2NO3/c14-8-1-7(2-9(15)3-8)13-4-10(13)11(5-17)16(6-13)12(18)19/h1-3,5,10-11H,4,6H2,(H,18,19). The highest BCUT2D eigenvalue weighted by molar-refractivity contribution is 5.75. The van der Waals surface area contributed by atoms with Crippen molar-refractivity contribution in [1.29, 1.82) is 0 Å². The maximum absolute atomic E-state index is 13.3. The van der Waals surface area contributed by atoms with Crippen LogP contribution in [0.15, 0.2) is 18.2 Å². The summed E-state index contributed by atoms with van der Waals surface area (Å²) in [6.45, 7) is 0.110. The number of hydrogen-bond donors (Lipinski definition) is 1. The summed E-state index contributed by atoms with van der Waals surface area (Å²) < 4.78 is 26.5. The molecular weight excluding hydrogens is 256 g/mol. The Morgan fingerprint density at radius 3 is 2.47 bits per heavy atom. The van der Waals surface area contributed by atoms with Crippen molar-refractivity contribution in [3.63, 3.8) is 0 Å². The van der Waals surface area contributed by atoms with E-state index in [0.717, 1.165) is 11.0 Å². The van der Waals surface area contributed by atoms with Crippen LogP contribution in [0.5, 0.6) is 0 Å². The number of carboxylic acid groups (broad SMARTS) is 1. The largest absolute Gasteiger partial charge is 0.465 e. The number of benzene rings is 1. The van der Waals surface area contributed by atoms with Crippen molar-refractivity contribution in [2.75, 3.05) is 6.54 Å². The van der Waals surface area contributed by atoms with Gasteiger partial charge in [0.25, 0.3) is 0 Å². The first kappa shape index (κ1) is 12.1. The summed E-state index contributed by atoms with van der Waals surface area (Å²) in [5.74, 6) is -1.56. The lowest BCUT2D eigenvalue weighted by Gasteiger charge is -2.21. The Bertz CT molecular complexity index is 557. The zero-order chi connectivity index (χ0) is 13.8. The number of carbonyl (C=O) groups excluding carboxylic acids is 1. The topological polar surface area (TPSA) is 57.6 Å². The number of piperidine rings is 1. The van der Waals surface area contributed by atoms with E-state index < -0.39 is 29.2 Å². The molecule has 1 aromatic rings. The lowest BCUT2D eigenvalue weighted by atomic mass is 9.94. The zero-order valence-corrected chi connectivity index (χ0v) is 9.85. The fourth-order valence-corrected chi connectivity index (χ4v) is 3.22. The summed E-state index contributed by atoms with van der Waals surface area (Å²) in [6.07, 6.45) is 0.00673. The zero-order valence-electron chi connectivity index (χ0n) is 9.85. The van der Waals surface area contributed by atoms with Crippen molar-refractivity contribution in [2.45, 2.75) is 17.9 Å². The number of amides is 1. The third-order valence-corrected chi connectivity index (χ3v) is 4.18. The summed E-state index contributed by atoms with van der Waals surface area (Å²) in [4.78, 5) is 23.1. The van der Waals surface area contributed by atoms with Crippen LogP contribution >= 0.6 is 0 Å². The fourth-order valence-electron chi connectivity index (χ4n) is 3.22. The van der Waals surface area contributed by atoms with Crippen molar-refractivity contribution in [3.05, 3.63) is 35.4 Å². The van der Waals surface area contributed by atoms with Crippen LogP contribution in [0.2, 0.25) is 0 Å². The minimum absolute atomic E-state index is 0.110. The van der Waals surface area contributed by atoms with Gasteiger partial charge in [-0.15, -0.1) is 0 Å². The molecule has 1 saturated carbocycles. The lowest BCUT2D eigenvalue weighted by Crippen LogP contribution is -2.39. The molecule has 0 radical (unpaired) electrons. The van der Waals surface area contributed by atoms with E-state index in [1.807, 2.05) is 0 Å². The van der Waals surface area contributed by atoms with Gasteiger partial charge in [-0.25, -0.2) is 13.6 Å². The van der Waals surface area contributed by atoms with Gasteiger partial charge in [-0.1, -0.05) is 0 Å². The number of carbonyl (C=O) groups is 2. The molecule has 3 rings (SSSR count). The molecule has 0 bridgehead atoms. The SMILES string of the molecule is O=CC1C2CC2(c2cc(F)cc(F)c2)CN1C(=O)O. The molecule has 2 fully saturated rings. The third-order valence-electron chi connectivity index (χ3n) is 4.18.